The molecular weight excluding hydrogens is 286 g/mol. The van der Waals surface area contributed by atoms with Crippen LogP contribution in [0.15, 0.2) is 29.4 Å². The number of nitrogens with zero attached hydrogens (tertiary/aromatic N) is 3. The molecule has 0 unspecified atom stereocenters. The van der Waals surface area contributed by atoms with E-state index in [4.69, 9.17) is 0 Å². The number of carbonyl (C=O) groups is 1. The first-order valence-corrected chi connectivity index (χ1v) is 7.95. The van der Waals surface area contributed by atoms with Gasteiger partial charge >= 0.3 is 0 Å². The molecule has 0 aliphatic heterocycles. The molecular formula is C15H17N3O2S. The third-order valence-corrected chi connectivity index (χ3v) is 4.51. The number of rotatable bonds is 6. The van der Waals surface area contributed by atoms with E-state index in [2.05, 4.69) is 10.2 Å². The molecule has 1 N–H and O–H groups in total. The van der Waals surface area contributed by atoms with E-state index in [1.807, 2.05) is 35.8 Å². The van der Waals surface area contributed by atoms with Gasteiger partial charge in [-0.25, -0.2) is 0 Å². The predicted octanol–water partition coefficient (Wildman–Crippen LogP) is 2.39. The predicted molar refractivity (Wildman–Crippen MR) is 80.4 cm³/mol. The third-order valence-electron chi connectivity index (χ3n) is 3.57. The van der Waals surface area contributed by atoms with Crippen LogP contribution >= 0.6 is 11.8 Å². The zero-order valence-corrected chi connectivity index (χ0v) is 12.6. The number of aliphatic hydroxyl groups is 1. The van der Waals surface area contributed by atoms with Gasteiger partial charge in [0.25, 0.3) is 0 Å². The molecule has 0 bridgehead atoms. The fourth-order valence-electron chi connectivity index (χ4n) is 2.31. The van der Waals surface area contributed by atoms with Crippen molar-refractivity contribution in [3.05, 3.63) is 41.2 Å². The van der Waals surface area contributed by atoms with Crippen molar-refractivity contribution in [2.24, 2.45) is 0 Å². The van der Waals surface area contributed by atoms with Crippen molar-refractivity contribution in [1.29, 1.82) is 0 Å². The van der Waals surface area contributed by atoms with Crippen molar-refractivity contribution < 1.29 is 9.90 Å². The summed E-state index contributed by atoms with van der Waals surface area (Å²) in [6, 6.07) is 7.98. The van der Waals surface area contributed by atoms with Crippen molar-refractivity contribution >= 4 is 17.5 Å². The van der Waals surface area contributed by atoms with E-state index in [0.717, 1.165) is 29.1 Å². The molecule has 1 aliphatic carbocycles. The Bertz CT molecular complexity index is 665. The molecule has 0 atom stereocenters. The van der Waals surface area contributed by atoms with Crippen LogP contribution < -0.4 is 0 Å². The second-order valence-electron chi connectivity index (χ2n) is 5.18. The maximum absolute atomic E-state index is 12.3. The molecule has 1 aliphatic rings. The van der Waals surface area contributed by atoms with E-state index >= 15 is 0 Å². The minimum absolute atomic E-state index is 0.0917. The minimum Gasteiger partial charge on any atom is -0.388 e. The zero-order chi connectivity index (χ0) is 14.8. The Morgan fingerprint density at radius 1 is 1.38 bits per heavy atom. The van der Waals surface area contributed by atoms with Gasteiger partial charge in [0.05, 0.1) is 5.75 Å². The average molecular weight is 303 g/mol. The van der Waals surface area contributed by atoms with Crippen molar-refractivity contribution in [3.63, 3.8) is 0 Å². The van der Waals surface area contributed by atoms with Gasteiger partial charge in [-0.2, -0.15) is 0 Å². The zero-order valence-electron chi connectivity index (χ0n) is 11.8. The van der Waals surface area contributed by atoms with Crippen LogP contribution in [0.25, 0.3) is 0 Å². The monoisotopic (exact) mass is 303 g/mol. The Morgan fingerprint density at radius 2 is 2.14 bits per heavy atom. The SMILES string of the molecule is Cc1ccccc1C(=O)CSc1nnc(CO)n1C1CC1. The summed E-state index contributed by atoms with van der Waals surface area (Å²) in [6.45, 7) is 1.82. The fraction of sp³-hybridized carbons (Fsp3) is 0.400. The van der Waals surface area contributed by atoms with Gasteiger partial charge in [-0.05, 0) is 25.3 Å². The standard InChI is InChI=1S/C15H17N3O2S/c1-10-4-2-3-5-12(10)13(20)9-21-15-17-16-14(8-19)18(15)11-6-7-11/h2-5,11,19H,6-9H2,1H3. The number of carbonyl (C=O) groups excluding carboxylic acids is 1. The van der Waals surface area contributed by atoms with Crippen molar-refractivity contribution in [3.8, 4) is 0 Å². The molecule has 1 aromatic carbocycles. The summed E-state index contributed by atoms with van der Waals surface area (Å²) >= 11 is 1.39. The second-order valence-corrected chi connectivity index (χ2v) is 6.13. The van der Waals surface area contributed by atoms with Gasteiger partial charge in [0, 0.05) is 11.6 Å². The first kappa shape index (κ1) is 14.3. The number of hydrogen-bond acceptors (Lipinski definition) is 5. The highest BCUT2D eigenvalue weighted by Crippen LogP contribution is 2.38. The van der Waals surface area contributed by atoms with Crippen molar-refractivity contribution in [2.75, 3.05) is 5.75 Å². The summed E-state index contributed by atoms with van der Waals surface area (Å²) in [4.78, 5) is 12.3. The van der Waals surface area contributed by atoms with E-state index < -0.39 is 0 Å². The largest absolute Gasteiger partial charge is 0.388 e. The van der Waals surface area contributed by atoms with Crippen LogP contribution in [0.4, 0.5) is 0 Å². The normalized spacial score (nSPS) is 14.4. The maximum atomic E-state index is 12.3. The Morgan fingerprint density at radius 3 is 2.81 bits per heavy atom. The lowest BCUT2D eigenvalue weighted by molar-refractivity contribution is 0.102. The first-order valence-electron chi connectivity index (χ1n) is 6.97. The third kappa shape index (κ3) is 3.01. The lowest BCUT2D eigenvalue weighted by Crippen LogP contribution is -2.07. The Balaban J connectivity index is 1.72. The van der Waals surface area contributed by atoms with Crippen LogP contribution in [-0.2, 0) is 6.61 Å². The molecule has 5 nitrogen and oxygen atoms in total. The van der Waals surface area contributed by atoms with E-state index in [-0.39, 0.29) is 12.4 Å². The number of hydrogen-bond donors (Lipinski definition) is 1. The smallest absolute Gasteiger partial charge is 0.191 e. The number of benzene rings is 1. The number of aromatic nitrogens is 3. The van der Waals surface area contributed by atoms with Crippen LogP contribution in [0.3, 0.4) is 0 Å². The molecule has 1 fully saturated rings. The van der Waals surface area contributed by atoms with Gasteiger partial charge in [-0.3, -0.25) is 4.79 Å². The highest BCUT2D eigenvalue weighted by molar-refractivity contribution is 7.99. The topological polar surface area (TPSA) is 68.0 Å². The lowest BCUT2D eigenvalue weighted by Gasteiger charge is -2.07. The Labute approximate surface area is 127 Å². The molecule has 0 spiro atoms. The summed E-state index contributed by atoms with van der Waals surface area (Å²) in [7, 11) is 0. The average Bonchev–Trinajstić information content (AvgIpc) is 3.25. The summed E-state index contributed by atoms with van der Waals surface area (Å²) in [5.41, 5.74) is 1.74. The fourth-order valence-corrected chi connectivity index (χ4v) is 3.21. The van der Waals surface area contributed by atoms with Gasteiger partial charge in [0.1, 0.15) is 6.61 Å². The second kappa shape index (κ2) is 5.99. The van der Waals surface area contributed by atoms with Gasteiger partial charge in [0.15, 0.2) is 16.8 Å². The summed E-state index contributed by atoms with van der Waals surface area (Å²) in [6.07, 6.45) is 2.18. The van der Waals surface area contributed by atoms with Crippen molar-refractivity contribution in [2.45, 2.75) is 37.6 Å². The van der Waals surface area contributed by atoms with E-state index in [0.29, 0.717) is 17.6 Å². The van der Waals surface area contributed by atoms with Crippen LogP contribution in [0, 0.1) is 6.92 Å². The van der Waals surface area contributed by atoms with E-state index in [1.165, 1.54) is 11.8 Å². The van der Waals surface area contributed by atoms with Crippen LogP contribution in [0.1, 0.15) is 40.6 Å². The molecule has 0 radical (unpaired) electrons. The number of aryl methyl sites for hydroxylation is 1. The van der Waals surface area contributed by atoms with E-state index in [1.54, 1.807) is 0 Å². The molecule has 6 heteroatoms. The van der Waals surface area contributed by atoms with Gasteiger partial charge in [-0.15, -0.1) is 10.2 Å². The molecule has 110 valence electrons. The molecule has 21 heavy (non-hydrogen) atoms. The molecule has 0 saturated heterocycles. The molecule has 1 aromatic heterocycles. The quantitative estimate of drug-likeness (QED) is 0.655. The van der Waals surface area contributed by atoms with Crippen LogP contribution in [0.2, 0.25) is 0 Å². The molecule has 2 aromatic rings. The Kier molecular flexibility index (Phi) is 4.07. The summed E-state index contributed by atoms with van der Waals surface area (Å²) < 4.78 is 1.97. The number of Topliss-reactive ketones (excluding diaryl/α,β-unsaturated/α-hetero) is 1. The highest BCUT2D eigenvalue weighted by Gasteiger charge is 2.29. The Hall–Kier alpha value is -1.66. The van der Waals surface area contributed by atoms with Crippen LogP contribution in [-0.4, -0.2) is 31.4 Å². The number of ketones is 1. The molecule has 3 rings (SSSR count). The maximum Gasteiger partial charge on any atom is 0.191 e. The first-order chi connectivity index (χ1) is 10.2. The summed E-state index contributed by atoms with van der Waals surface area (Å²) in [5.74, 6) is 1.01. The van der Waals surface area contributed by atoms with Crippen molar-refractivity contribution in [1.82, 2.24) is 14.8 Å². The van der Waals surface area contributed by atoms with Gasteiger partial charge in [-0.1, -0.05) is 36.0 Å². The van der Waals surface area contributed by atoms with Crippen LogP contribution in [0.5, 0.6) is 0 Å². The van der Waals surface area contributed by atoms with E-state index in [9.17, 15) is 9.90 Å². The molecule has 1 heterocycles. The number of thioether (sulfide) groups is 1. The molecule has 1 saturated carbocycles. The van der Waals surface area contributed by atoms with Gasteiger partial charge in [0.2, 0.25) is 0 Å². The molecule has 0 amide bonds. The van der Waals surface area contributed by atoms with Gasteiger partial charge < -0.3 is 9.67 Å². The lowest BCUT2D eigenvalue weighted by atomic mass is 10.1. The number of aliphatic hydroxyl groups excluding tert-OH is 1. The minimum atomic E-state index is -0.115. The summed E-state index contributed by atoms with van der Waals surface area (Å²) in [5, 5.41) is 18.1. The highest BCUT2D eigenvalue weighted by atomic mass is 32.2.